The minimum absolute atomic E-state index is 0.00647. The Morgan fingerprint density at radius 2 is 2.15 bits per heavy atom. The molecule has 0 spiro atoms. The fourth-order valence-corrected chi connectivity index (χ4v) is 4.40. The summed E-state index contributed by atoms with van der Waals surface area (Å²) in [5.74, 6) is 0. The summed E-state index contributed by atoms with van der Waals surface area (Å²) in [6, 6.07) is 5.26. The third-order valence-corrected chi connectivity index (χ3v) is 5.63. The van der Waals surface area contributed by atoms with Gasteiger partial charge in [-0.05, 0) is 25.3 Å². The highest BCUT2D eigenvalue weighted by atomic mass is 32.2. The van der Waals surface area contributed by atoms with Crippen LogP contribution in [-0.4, -0.2) is 30.2 Å². The van der Waals surface area contributed by atoms with Gasteiger partial charge < -0.3 is 0 Å². The minimum atomic E-state index is -3.65. The molecule has 1 atom stereocenters. The summed E-state index contributed by atoms with van der Waals surface area (Å²) in [6.45, 7) is 2.45. The molecule has 1 aliphatic rings. The average Bonchev–Trinajstić information content (AvgIpc) is 2.47. The fourth-order valence-electron chi connectivity index (χ4n) is 2.59. The van der Waals surface area contributed by atoms with Crippen LogP contribution in [0, 0.1) is 10.1 Å². The average molecular weight is 298 g/mol. The van der Waals surface area contributed by atoms with Crippen LogP contribution in [0.15, 0.2) is 29.2 Å². The lowest BCUT2D eigenvalue weighted by atomic mass is 10.0. The highest BCUT2D eigenvalue weighted by Gasteiger charge is 2.33. The Morgan fingerprint density at radius 3 is 2.80 bits per heavy atom. The molecule has 0 aromatic heterocycles. The van der Waals surface area contributed by atoms with E-state index in [0.29, 0.717) is 6.54 Å². The van der Waals surface area contributed by atoms with Gasteiger partial charge in [-0.1, -0.05) is 19.4 Å². The first-order chi connectivity index (χ1) is 9.46. The van der Waals surface area contributed by atoms with E-state index in [-0.39, 0.29) is 16.6 Å². The summed E-state index contributed by atoms with van der Waals surface area (Å²) in [6.07, 6.45) is 3.48. The van der Waals surface area contributed by atoms with Gasteiger partial charge in [-0.3, -0.25) is 10.1 Å². The molecule has 0 aliphatic carbocycles. The lowest BCUT2D eigenvalue weighted by Gasteiger charge is -2.34. The molecule has 1 aromatic rings. The van der Waals surface area contributed by atoms with Gasteiger partial charge in [-0.15, -0.1) is 0 Å². The largest absolute Gasteiger partial charge is 0.270 e. The zero-order valence-corrected chi connectivity index (χ0v) is 12.2. The number of hydrogen-bond donors (Lipinski definition) is 0. The van der Waals surface area contributed by atoms with Gasteiger partial charge in [0.15, 0.2) is 0 Å². The van der Waals surface area contributed by atoms with Crippen LogP contribution < -0.4 is 0 Å². The first kappa shape index (κ1) is 14.9. The molecule has 20 heavy (non-hydrogen) atoms. The lowest BCUT2D eigenvalue weighted by molar-refractivity contribution is -0.385. The number of sulfonamides is 1. The first-order valence-electron chi connectivity index (χ1n) is 6.73. The van der Waals surface area contributed by atoms with E-state index in [2.05, 4.69) is 0 Å². The molecular formula is C13H18N2O4S. The quantitative estimate of drug-likeness (QED) is 0.632. The SMILES string of the molecule is CCC1CCCCN1S(=O)(=O)c1cccc([N+](=O)[O-])c1. The van der Waals surface area contributed by atoms with E-state index in [1.807, 2.05) is 6.92 Å². The van der Waals surface area contributed by atoms with Crippen molar-refractivity contribution in [1.82, 2.24) is 4.31 Å². The molecule has 0 saturated carbocycles. The highest BCUT2D eigenvalue weighted by molar-refractivity contribution is 7.89. The van der Waals surface area contributed by atoms with E-state index in [0.717, 1.165) is 31.7 Å². The van der Waals surface area contributed by atoms with Crippen molar-refractivity contribution in [2.75, 3.05) is 6.54 Å². The molecule has 1 unspecified atom stereocenters. The van der Waals surface area contributed by atoms with Gasteiger partial charge in [-0.2, -0.15) is 4.31 Å². The van der Waals surface area contributed by atoms with E-state index in [1.54, 1.807) is 0 Å². The molecule has 1 saturated heterocycles. The standard InChI is InChI=1S/C13H18N2O4S/c1-2-11-6-3-4-9-14(11)20(18,19)13-8-5-7-12(10-13)15(16)17/h5,7-8,10-11H,2-4,6,9H2,1H3. The first-order valence-corrected chi connectivity index (χ1v) is 8.17. The Hall–Kier alpha value is -1.47. The predicted molar refractivity (Wildman–Crippen MR) is 74.9 cm³/mol. The Kier molecular flexibility index (Phi) is 4.39. The molecule has 1 aromatic carbocycles. The van der Waals surface area contributed by atoms with Crippen LogP contribution in [0.2, 0.25) is 0 Å². The molecule has 0 bridgehead atoms. The highest BCUT2D eigenvalue weighted by Crippen LogP contribution is 2.28. The monoisotopic (exact) mass is 298 g/mol. The summed E-state index contributed by atoms with van der Waals surface area (Å²) >= 11 is 0. The van der Waals surface area contributed by atoms with Crippen LogP contribution in [0.4, 0.5) is 5.69 Å². The third-order valence-electron chi connectivity index (χ3n) is 3.68. The second kappa shape index (κ2) is 5.88. The second-order valence-corrected chi connectivity index (χ2v) is 6.82. The Bertz CT molecular complexity index is 600. The topological polar surface area (TPSA) is 80.5 Å². The maximum atomic E-state index is 12.6. The molecule has 1 heterocycles. The molecule has 110 valence electrons. The summed E-state index contributed by atoms with van der Waals surface area (Å²) in [5.41, 5.74) is -0.198. The maximum Gasteiger partial charge on any atom is 0.270 e. The maximum absolute atomic E-state index is 12.6. The molecule has 7 heteroatoms. The number of hydrogen-bond acceptors (Lipinski definition) is 4. The van der Waals surface area contributed by atoms with Crippen LogP contribution in [0.5, 0.6) is 0 Å². The van der Waals surface area contributed by atoms with Crippen molar-refractivity contribution in [2.45, 2.75) is 43.5 Å². The van der Waals surface area contributed by atoms with Crippen molar-refractivity contribution in [1.29, 1.82) is 0 Å². The van der Waals surface area contributed by atoms with Gasteiger partial charge in [0.2, 0.25) is 10.0 Å². The van der Waals surface area contributed by atoms with Crippen LogP contribution in [0.25, 0.3) is 0 Å². The predicted octanol–water partition coefficient (Wildman–Crippen LogP) is 2.55. The minimum Gasteiger partial charge on any atom is -0.258 e. The van der Waals surface area contributed by atoms with Crippen molar-refractivity contribution in [3.8, 4) is 0 Å². The summed E-state index contributed by atoms with van der Waals surface area (Å²) in [7, 11) is -3.65. The van der Waals surface area contributed by atoms with E-state index in [9.17, 15) is 18.5 Å². The summed E-state index contributed by atoms with van der Waals surface area (Å²) < 4.78 is 26.8. The van der Waals surface area contributed by atoms with Gasteiger partial charge in [0, 0.05) is 24.7 Å². The number of rotatable bonds is 4. The van der Waals surface area contributed by atoms with Crippen molar-refractivity contribution < 1.29 is 13.3 Å². The molecule has 0 radical (unpaired) electrons. The number of nitrogens with zero attached hydrogens (tertiary/aromatic N) is 2. The normalized spacial score (nSPS) is 20.8. The van der Waals surface area contributed by atoms with E-state index in [4.69, 9.17) is 0 Å². The second-order valence-electron chi connectivity index (χ2n) is 4.93. The van der Waals surface area contributed by atoms with Crippen molar-refractivity contribution in [2.24, 2.45) is 0 Å². The Balaban J connectivity index is 2.38. The number of non-ortho nitro benzene ring substituents is 1. The molecule has 1 fully saturated rings. The van der Waals surface area contributed by atoms with Gasteiger partial charge in [0.25, 0.3) is 5.69 Å². The van der Waals surface area contributed by atoms with Crippen molar-refractivity contribution >= 4 is 15.7 Å². The molecule has 0 N–H and O–H groups in total. The summed E-state index contributed by atoms with van der Waals surface area (Å²) in [4.78, 5) is 10.2. The van der Waals surface area contributed by atoms with Crippen LogP contribution in [0.3, 0.4) is 0 Å². The van der Waals surface area contributed by atoms with E-state index < -0.39 is 14.9 Å². The van der Waals surface area contributed by atoms with E-state index in [1.165, 1.54) is 22.5 Å². The molecule has 2 rings (SSSR count). The van der Waals surface area contributed by atoms with Crippen LogP contribution in [-0.2, 0) is 10.0 Å². The van der Waals surface area contributed by atoms with Crippen LogP contribution in [0.1, 0.15) is 32.6 Å². The van der Waals surface area contributed by atoms with E-state index >= 15 is 0 Å². The number of nitro groups is 1. The number of benzene rings is 1. The molecule has 1 aliphatic heterocycles. The lowest BCUT2D eigenvalue weighted by Crippen LogP contribution is -2.43. The Morgan fingerprint density at radius 1 is 1.40 bits per heavy atom. The number of nitro benzene ring substituents is 1. The molecular weight excluding hydrogens is 280 g/mol. The van der Waals surface area contributed by atoms with Crippen LogP contribution >= 0.6 is 0 Å². The number of piperidine rings is 1. The third kappa shape index (κ3) is 2.83. The fraction of sp³-hybridized carbons (Fsp3) is 0.538. The van der Waals surface area contributed by atoms with Crippen molar-refractivity contribution in [3.63, 3.8) is 0 Å². The Labute approximate surface area is 118 Å². The van der Waals surface area contributed by atoms with Gasteiger partial charge in [0.1, 0.15) is 0 Å². The zero-order valence-electron chi connectivity index (χ0n) is 11.4. The zero-order chi connectivity index (χ0) is 14.8. The van der Waals surface area contributed by atoms with Gasteiger partial charge >= 0.3 is 0 Å². The van der Waals surface area contributed by atoms with Gasteiger partial charge in [-0.25, -0.2) is 8.42 Å². The van der Waals surface area contributed by atoms with Gasteiger partial charge in [0.05, 0.1) is 9.82 Å². The molecule has 0 amide bonds. The molecule has 6 nitrogen and oxygen atoms in total. The summed E-state index contributed by atoms with van der Waals surface area (Å²) in [5, 5.41) is 10.8. The van der Waals surface area contributed by atoms with Crippen molar-refractivity contribution in [3.05, 3.63) is 34.4 Å². The smallest absolute Gasteiger partial charge is 0.258 e.